The quantitative estimate of drug-likeness (QED) is 0.452. The number of Topliss-reactive ketones (excluding diaryl/α,β-unsaturated/α-hetero) is 1. The standard InChI is InChI=1S/C24H29N5O2S/c1-2-3-6-18(11-16-13-26-20-8-5-4-7-19(16)20)28-23(31)22-14-27-24(32-22)29-10-9-21(30)17(12-25)15-29/h4-5,7-8,12-14,18,26H,2-3,6,9-11,15,25H2,1H3,(H,28,31). The molecular formula is C24H29N5O2S. The SMILES string of the molecule is CCCCC(Cc1c[nH]c2ccccc12)NC(=O)c1cnc(N2CCC(=O)C(=CN)C2)s1. The number of aromatic amines is 1. The summed E-state index contributed by atoms with van der Waals surface area (Å²) >= 11 is 1.35. The summed E-state index contributed by atoms with van der Waals surface area (Å²) in [6.45, 7) is 3.18. The van der Waals surface area contributed by atoms with Crippen molar-refractivity contribution in [2.75, 3.05) is 18.0 Å². The third kappa shape index (κ3) is 4.85. The monoisotopic (exact) mass is 451 g/mol. The number of carbonyl (C=O) groups is 2. The summed E-state index contributed by atoms with van der Waals surface area (Å²) in [5, 5.41) is 5.17. The van der Waals surface area contributed by atoms with Crippen molar-refractivity contribution < 1.29 is 9.59 Å². The highest BCUT2D eigenvalue weighted by molar-refractivity contribution is 7.17. The van der Waals surface area contributed by atoms with Crippen LogP contribution in [0.25, 0.3) is 10.9 Å². The smallest absolute Gasteiger partial charge is 0.263 e. The molecule has 168 valence electrons. The topological polar surface area (TPSA) is 104 Å². The number of ketones is 1. The predicted molar refractivity (Wildman–Crippen MR) is 129 cm³/mol. The number of nitrogens with zero attached hydrogens (tertiary/aromatic N) is 2. The lowest BCUT2D eigenvalue weighted by Gasteiger charge is -2.26. The fourth-order valence-corrected chi connectivity index (χ4v) is 4.94. The number of unbranched alkanes of at least 4 members (excludes halogenated alkanes) is 1. The summed E-state index contributed by atoms with van der Waals surface area (Å²) in [5.41, 5.74) is 8.50. The number of hydrogen-bond donors (Lipinski definition) is 3. The van der Waals surface area contributed by atoms with Crippen molar-refractivity contribution in [1.82, 2.24) is 15.3 Å². The molecule has 1 saturated heterocycles. The van der Waals surface area contributed by atoms with Crippen molar-refractivity contribution >= 4 is 39.1 Å². The van der Waals surface area contributed by atoms with Gasteiger partial charge in [0, 0.05) is 47.9 Å². The summed E-state index contributed by atoms with van der Waals surface area (Å²) in [5.74, 6) is -0.0216. The molecular weight excluding hydrogens is 422 g/mol. The van der Waals surface area contributed by atoms with Crippen molar-refractivity contribution in [2.24, 2.45) is 5.73 Å². The maximum atomic E-state index is 13.0. The lowest BCUT2D eigenvalue weighted by atomic mass is 10.0. The fourth-order valence-electron chi connectivity index (χ4n) is 4.09. The molecule has 1 atom stereocenters. The molecule has 1 fully saturated rings. The van der Waals surface area contributed by atoms with Crippen LogP contribution >= 0.6 is 11.3 Å². The van der Waals surface area contributed by atoms with Crippen molar-refractivity contribution in [3.63, 3.8) is 0 Å². The number of H-pyrrole nitrogens is 1. The van der Waals surface area contributed by atoms with E-state index in [1.165, 1.54) is 28.5 Å². The second-order valence-corrected chi connectivity index (χ2v) is 9.18. The predicted octanol–water partition coefficient (Wildman–Crippen LogP) is 3.78. The lowest BCUT2D eigenvalue weighted by molar-refractivity contribution is -0.115. The number of fused-ring (bicyclic) bond motifs is 1. The molecule has 0 radical (unpaired) electrons. The molecule has 4 N–H and O–H groups in total. The molecule has 0 spiro atoms. The maximum absolute atomic E-state index is 13.0. The van der Waals surface area contributed by atoms with E-state index in [0.29, 0.717) is 30.0 Å². The molecule has 0 bridgehead atoms. The number of thiazole rings is 1. The van der Waals surface area contributed by atoms with Crippen LogP contribution in [0.15, 0.2) is 48.4 Å². The number of benzene rings is 1. The Labute approximate surface area is 191 Å². The maximum Gasteiger partial charge on any atom is 0.263 e. The Morgan fingerprint density at radius 1 is 1.41 bits per heavy atom. The molecule has 32 heavy (non-hydrogen) atoms. The molecule has 1 aliphatic rings. The minimum absolute atomic E-state index is 0.0478. The van der Waals surface area contributed by atoms with E-state index in [1.807, 2.05) is 23.2 Å². The summed E-state index contributed by atoms with van der Waals surface area (Å²) in [6.07, 6.45) is 9.28. The number of nitrogens with one attached hydrogen (secondary N) is 2. The van der Waals surface area contributed by atoms with Crippen molar-refractivity contribution in [2.45, 2.75) is 45.1 Å². The fraction of sp³-hybridized carbons (Fsp3) is 0.375. The van der Waals surface area contributed by atoms with Gasteiger partial charge in [0.25, 0.3) is 5.91 Å². The van der Waals surface area contributed by atoms with Crippen molar-refractivity contribution in [1.29, 1.82) is 0 Å². The largest absolute Gasteiger partial charge is 0.404 e. The Bertz CT molecular complexity index is 1130. The van der Waals surface area contributed by atoms with Crippen LogP contribution in [0.3, 0.4) is 0 Å². The molecule has 2 aromatic heterocycles. The Morgan fingerprint density at radius 3 is 3.06 bits per heavy atom. The highest BCUT2D eigenvalue weighted by atomic mass is 32.1. The lowest BCUT2D eigenvalue weighted by Crippen LogP contribution is -2.36. The number of nitrogens with two attached hydrogens (primary N) is 1. The number of hydrogen-bond acceptors (Lipinski definition) is 6. The Kier molecular flexibility index (Phi) is 6.90. The normalized spacial score (nSPS) is 16.6. The van der Waals surface area contributed by atoms with E-state index in [2.05, 4.69) is 34.3 Å². The van der Waals surface area contributed by atoms with Crippen LogP contribution in [-0.4, -0.2) is 40.8 Å². The molecule has 0 saturated carbocycles. The average molecular weight is 452 g/mol. The molecule has 3 aromatic rings. The van der Waals surface area contributed by atoms with Gasteiger partial charge in [0.15, 0.2) is 10.9 Å². The van der Waals surface area contributed by atoms with E-state index in [-0.39, 0.29) is 17.7 Å². The van der Waals surface area contributed by atoms with Crippen LogP contribution in [0.4, 0.5) is 5.13 Å². The van der Waals surface area contributed by atoms with Gasteiger partial charge < -0.3 is 20.9 Å². The Hall–Kier alpha value is -3.13. The van der Waals surface area contributed by atoms with E-state index in [1.54, 1.807) is 6.20 Å². The Morgan fingerprint density at radius 2 is 2.25 bits per heavy atom. The molecule has 1 unspecified atom stereocenters. The first-order valence-corrected chi connectivity index (χ1v) is 11.9. The van der Waals surface area contributed by atoms with Gasteiger partial charge >= 0.3 is 0 Å². The molecule has 7 nitrogen and oxygen atoms in total. The minimum Gasteiger partial charge on any atom is -0.404 e. The number of aromatic nitrogens is 2. The van der Waals surface area contributed by atoms with Gasteiger partial charge in [-0.15, -0.1) is 0 Å². The molecule has 8 heteroatoms. The molecule has 1 amide bonds. The van der Waals surface area contributed by atoms with Crippen LogP contribution in [-0.2, 0) is 11.2 Å². The highest BCUT2D eigenvalue weighted by Crippen LogP contribution is 2.27. The molecule has 3 heterocycles. The molecule has 1 aromatic carbocycles. The number of para-hydroxylation sites is 1. The van der Waals surface area contributed by atoms with Crippen LogP contribution in [0, 0.1) is 0 Å². The van der Waals surface area contributed by atoms with Crippen molar-refractivity contribution in [3.8, 4) is 0 Å². The van der Waals surface area contributed by atoms with Crippen LogP contribution in [0.1, 0.15) is 47.8 Å². The Balaban J connectivity index is 1.45. The van der Waals surface area contributed by atoms with Gasteiger partial charge in [-0.3, -0.25) is 9.59 Å². The first-order valence-electron chi connectivity index (χ1n) is 11.1. The van der Waals surface area contributed by atoms with E-state index in [0.717, 1.165) is 36.3 Å². The van der Waals surface area contributed by atoms with Crippen LogP contribution < -0.4 is 16.0 Å². The highest BCUT2D eigenvalue weighted by Gasteiger charge is 2.24. The number of rotatable bonds is 8. The van der Waals surface area contributed by atoms with Gasteiger partial charge in [0.05, 0.1) is 12.7 Å². The second kappa shape index (κ2) is 9.99. The zero-order valence-corrected chi connectivity index (χ0v) is 19.1. The minimum atomic E-state index is -0.0997. The van der Waals surface area contributed by atoms with Gasteiger partial charge in [-0.1, -0.05) is 49.3 Å². The number of piperidine rings is 1. The molecule has 4 rings (SSSR count). The first kappa shape index (κ1) is 22.1. The number of carbonyl (C=O) groups excluding carboxylic acids is 2. The van der Waals surface area contributed by atoms with E-state index < -0.39 is 0 Å². The third-order valence-electron chi connectivity index (χ3n) is 5.90. The molecule has 1 aliphatic heterocycles. The third-order valence-corrected chi connectivity index (χ3v) is 6.96. The van der Waals surface area contributed by atoms with Gasteiger partial charge in [0.2, 0.25) is 0 Å². The van der Waals surface area contributed by atoms with Crippen LogP contribution in [0.5, 0.6) is 0 Å². The second-order valence-electron chi connectivity index (χ2n) is 8.17. The summed E-state index contributed by atoms with van der Waals surface area (Å²) in [7, 11) is 0. The summed E-state index contributed by atoms with van der Waals surface area (Å²) in [6, 6.07) is 8.29. The molecule has 0 aliphatic carbocycles. The zero-order valence-electron chi connectivity index (χ0n) is 18.3. The number of anilines is 1. The average Bonchev–Trinajstić information content (AvgIpc) is 3.46. The zero-order chi connectivity index (χ0) is 22.5. The van der Waals surface area contributed by atoms with Gasteiger partial charge in [0.1, 0.15) is 4.88 Å². The summed E-state index contributed by atoms with van der Waals surface area (Å²) in [4.78, 5) is 35.2. The van der Waals surface area contributed by atoms with Gasteiger partial charge in [-0.25, -0.2) is 4.98 Å². The van der Waals surface area contributed by atoms with E-state index >= 15 is 0 Å². The van der Waals surface area contributed by atoms with Gasteiger partial charge in [-0.05, 0) is 24.5 Å². The number of amides is 1. The first-order chi connectivity index (χ1) is 15.6. The van der Waals surface area contributed by atoms with E-state index in [9.17, 15) is 9.59 Å². The summed E-state index contributed by atoms with van der Waals surface area (Å²) < 4.78 is 0. The van der Waals surface area contributed by atoms with E-state index in [4.69, 9.17) is 5.73 Å². The van der Waals surface area contributed by atoms with Crippen molar-refractivity contribution in [3.05, 3.63) is 58.9 Å². The van der Waals surface area contributed by atoms with Gasteiger partial charge in [-0.2, -0.15) is 0 Å². The van der Waals surface area contributed by atoms with Crippen LogP contribution in [0.2, 0.25) is 0 Å².